The number of allylic oxidation sites excluding steroid dienone is 29. The summed E-state index contributed by atoms with van der Waals surface area (Å²) in [5.74, 6) is 3.67. The summed E-state index contributed by atoms with van der Waals surface area (Å²) in [5, 5.41) is 13.6. The predicted octanol–water partition coefficient (Wildman–Crippen LogP) is 42.1. The molecule has 0 nitrogen and oxygen atoms in total. The predicted molar refractivity (Wildman–Crippen MR) is 656 cm³/mol. The van der Waals surface area contributed by atoms with Crippen LogP contribution in [0.5, 0.6) is 0 Å². The first kappa shape index (κ1) is 103. The smallest absolute Gasteiger partial charge is 0.0352 e. The Bertz CT molecular complexity index is 8270. The first-order valence-corrected chi connectivity index (χ1v) is 56.3. The molecule has 1 atom stereocenters. The van der Waals surface area contributed by atoms with Crippen molar-refractivity contribution in [3.05, 3.63) is 477 Å². The minimum absolute atomic E-state index is 0.220. The lowest BCUT2D eigenvalue weighted by molar-refractivity contribution is 0.666. The van der Waals surface area contributed by atoms with Crippen LogP contribution < -0.4 is 0 Å². The molecule has 0 saturated carbocycles. The molecule has 13 aromatic carbocycles. The highest BCUT2D eigenvalue weighted by Gasteiger charge is 2.55. The average Bonchev–Trinajstić information content (AvgIpc) is 1.51. The van der Waals surface area contributed by atoms with E-state index in [4.69, 9.17) is 0 Å². The highest BCUT2D eigenvalue weighted by atomic mass is 14.6. The second-order valence-electron chi connectivity index (χ2n) is 48.9. The molecule has 1 unspecified atom stereocenters. The van der Waals surface area contributed by atoms with E-state index in [1.807, 2.05) is 18.2 Å². The Morgan fingerprint density at radius 2 is 0.752 bits per heavy atom. The van der Waals surface area contributed by atoms with Gasteiger partial charge in [-0.25, -0.2) is 0 Å². The molecular formula is C149H158. The molecule has 0 bridgehead atoms. The summed E-state index contributed by atoms with van der Waals surface area (Å²) in [4.78, 5) is 0. The lowest BCUT2D eigenvalue weighted by Gasteiger charge is -2.37. The SMILES string of the molecule is C=CCc1cc(C(C)C)c(C2=C3C4=CC=C5C=CC=C6C=CC(=C4C65)C3=C(c3c(C(C)C)cc(CC=C)cc3C(C)C)C2(C)C)c(C(C)C)c1.C=CCc1ccc(C(C)C)c(C2=C3C(=C(c4c(C(C)C)cc(C=C)cc4C(C)C)C2(C)C)c2ccc4ccc5cccc6cc3c2c4c56)c1C(C)C.C=CCc1ccc2ccc(C3=C4C(=C(c5c(C)cc(CCC)cc5C(C)C)C3(C)C)c3ccc(CC=C)c5cccc4c35)c(C)c2c1. The van der Waals surface area contributed by atoms with Crippen molar-refractivity contribution in [3.8, 4) is 0 Å². The summed E-state index contributed by atoms with van der Waals surface area (Å²) in [6.45, 7) is 89.7. The van der Waals surface area contributed by atoms with Gasteiger partial charge in [0.2, 0.25) is 0 Å². The van der Waals surface area contributed by atoms with Crippen molar-refractivity contribution >= 4 is 116 Å². The molecule has 754 valence electrons. The topological polar surface area (TPSA) is 0 Å². The van der Waals surface area contributed by atoms with Gasteiger partial charge in [-0.3, -0.25) is 0 Å². The van der Waals surface area contributed by atoms with Crippen LogP contribution in [0, 0.1) is 36.0 Å². The number of aryl methyl sites for hydroxylation is 3. The second kappa shape index (κ2) is 39.3. The maximum Gasteiger partial charge on any atom is 0.0352 e. The molecule has 13 aromatic rings. The van der Waals surface area contributed by atoms with Gasteiger partial charge in [0.25, 0.3) is 0 Å². The van der Waals surface area contributed by atoms with Crippen LogP contribution in [0.4, 0.5) is 0 Å². The Hall–Kier alpha value is -13.3. The van der Waals surface area contributed by atoms with Crippen molar-refractivity contribution in [3.63, 3.8) is 0 Å². The van der Waals surface area contributed by atoms with Gasteiger partial charge >= 0.3 is 0 Å². The van der Waals surface area contributed by atoms with E-state index in [9.17, 15) is 0 Å². The molecule has 0 amide bonds. The van der Waals surface area contributed by atoms with E-state index in [2.05, 4.69) is 457 Å². The molecule has 0 N–H and O–H groups in total. The van der Waals surface area contributed by atoms with Gasteiger partial charge < -0.3 is 0 Å². The van der Waals surface area contributed by atoms with Crippen LogP contribution in [0.25, 0.3) is 116 Å². The summed E-state index contributed by atoms with van der Waals surface area (Å²) < 4.78 is 0. The normalized spacial score (nSPS) is 16.8. The first-order valence-electron chi connectivity index (χ1n) is 56.3. The van der Waals surface area contributed by atoms with Gasteiger partial charge in [0.15, 0.2) is 0 Å². The van der Waals surface area contributed by atoms with Crippen LogP contribution in [-0.4, -0.2) is 0 Å². The zero-order valence-electron chi connectivity index (χ0n) is 94.6. The van der Waals surface area contributed by atoms with Crippen LogP contribution in [0.15, 0.2) is 321 Å². The van der Waals surface area contributed by atoms with Gasteiger partial charge in [0.1, 0.15) is 0 Å². The number of fused-ring (bicyclic) bond motifs is 10. The summed E-state index contributed by atoms with van der Waals surface area (Å²) in [5.41, 5.74) is 63.7. The van der Waals surface area contributed by atoms with E-state index in [-0.39, 0.29) is 16.2 Å². The van der Waals surface area contributed by atoms with Crippen molar-refractivity contribution in [2.75, 3.05) is 0 Å². The van der Waals surface area contributed by atoms with Crippen LogP contribution in [-0.2, 0) is 38.5 Å². The minimum Gasteiger partial charge on any atom is -0.103 e. The molecule has 0 heteroatoms. The van der Waals surface area contributed by atoms with E-state index in [1.165, 1.54) is 304 Å². The Kier molecular flexibility index (Phi) is 27.1. The fourth-order valence-electron chi connectivity index (χ4n) is 28.6. The molecule has 0 aliphatic heterocycles. The van der Waals surface area contributed by atoms with Crippen LogP contribution >= 0.6 is 0 Å². The van der Waals surface area contributed by atoms with Crippen LogP contribution in [0.1, 0.15) is 389 Å². The van der Waals surface area contributed by atoms with Crippen molar-refractivity contribution in [2.45, 2.75) is 285 Å². The van der Waals surface area contributed by atoms with E-state index in [0.717, 1.165) is 44.9 Å². The third-order valence-electron chi connectivity index (χ3n) is 35.0. The lowest BCUT2D eigenvalue weighted by Crippen LogP contribution is -2.22. The Morgan fingerprint density at radius 3 is 1.32 bits per heavy atom. The van der Waals surface area contributed by atoms with Gasteiger partial charge in [-0.2, -0.15) is 0 Å². The molecule has 0 spiro atoms. The maximum atomic E-state index is 4.24. The number of benzene rings is 13. The molecule has 0 fully saturated rings. The highest BCUT2D eigenvalue weighted by Crippen LogP contribution is 2.73. The molecular weight excluding hydrogens is 1790 g/mol. The molecule has 22 rings (SSSR count). The molecule has 0 aromatic heterocycles. The second-order valence-corrected chi connectivity index (χ2v) is 48.9. The lowest BCUT2D eigenvalue weighted by atomic mass is 9.66. The summed E-state index contributed by atoms with van der Waals surface area (Å²) in [6, 6.07) is 66.9. The van der Waals surface area contributed by atoms with Crippen molar-refractivity contribution < 1.29 is 0 Å². The quantitative estimate of drug-likeness (QED) is 0.0339. The standard InChI is InChI=1S/C52H54.C50H56.C47H48/c1-13-16-33-21-23-37(28(3)4)47(42(33)31(9)10)51-49-41-27-36-18-15-17-34-19-20-35-22-24-38(45(41)44(35)43(34)36)48(49)50(52(51,11)12)46-39(29(5)6)25-32(14-2)26-40(46)30(7)8;1-13-16-32-24-38(28(3)4)44(39(25-32)29(5)6)48-46-36-22-20-34-18-15-19-35-21-23-37(43(36)42(34)35)47(46)49(50(48,11)12)45-40(30(7)8)26-33(17-14-2)27-41(45)31(9)10;1-10-14-31-19-20-34-21-23-35(30(7)40(34)26-31)45-43-37-18-13-17-36-33(16-12-3)22-24-38(42(36)37)44(43)46(47(45,8)9)41-29(6)25-32(15-11-2)27-39(41)28(4)5/h13-15,17-31H,1-2,16H2,3-12H3;13-15,18-31,42H,1-2,16-17H2,3-12H3;10,12-13,17-28H,1,3,11,14-16H2,2,4-9H3. The van der Waals surface area contributed by atoms with Crippen LogP contribution in [0.2, 0.25) is 0 Å². The summed E-state index contributed by atoms with van der Waals surface area (Å²) in [7, 11) is 0. The molecule has 149 heavy (non-hydrogen) atoms. The van der Waals surface area contributed by atoms with Gasteiger partial charge in [0, 0.05) is 22.2 Å². The Balaban J connectivity index is 0.000000135. The molecule has 9 aliphatic rings. The largest absolute Gasteiger partial charge is 0.103 e. The third kappa shape index (κ3) is 16.4. The number of rotatable bonds is 28. The van der Waals surface area contributed by atoms with E-state index in [1.54, 1.807) is 0 Å². The first-order chi connectivity index (χ1) is 71.2. The molecule has 0 saturated heterocycles. The van der Waals surface area contributed by atoms with Gasteiger partial charge in [-0.05, 0) is 416 Å². The Morgan fingerprint density at radius 1 is 0.309 bits per heavy atom. The Labute approximate surface area is 893 Å². The minimum atomic E-state index is -0.288. The van der Waals surface area contributed by atoms with E-state index < -0.39 is 0 Å². The van der Waals surface area contributed by atoms with Crippen molar-refractivity contribution in [2.24, 2.45) is 22.2 Å². The van der Waals surface area contributed by atoms with E-state index in [0.29, 0.717) is 59.2 Å². The fourth-order valence-corrected chi connectivity index (χ4v) is 28.6. The monoisotopic (exact) mass is 1950 g/mol. The zero-order valence-corrected chi connectivity index (χ0v) is 94.6. The van der Waals surface area contributed by atoms with Gasteiger partial charge in [0.05, 0.1) is 0 Å². The van der Waals surface area contributed by atoms with Gasteiger partial charge in [-0.1, -0.05) is 429 Å². The summed E-state index contributed by atoms with van der Waals surface area (Å²) in [6.07, 6.45) is 35.6. The third-order valence-corrected chi connectivity index (χ3v) is 35.0. The zero-order chi connectivity index (χ0) is 106. The van der Waals surface area contributed by atoms with Gasteiger partial charge in [-0.15, -0.1) is 32.9 Å². The van der Waals surface area contributed by atoms with Crippen LogP contribution in [0.3, 0.4) is 0 Å². The molecule has 0 radical (unpaired) electrons. The van der Waals surface area contributed by atoms with Crippen molar-refractivity contribution in [1.29, 1.82) is 0 Å². The summed E-state index contributed by atoms with van der Waals surface area (Å²) >= 11 is 0. The number of hydrogen-bond acceptors (Lipinski definition) is 0. The maximum absolute atomic E-state index is 4.24. The fraction of sp³-hybridized carbons (Fsp3) is 0.315. The average molecular weight is 1950 g/mol. The molecule has 0 heterocycles. The molecule has 9 aliphatic carbocycles. The van der Waals surface area contributed by atoms with E-state index >= 15 is 0 Å². The van der Waals surface area contributed by atoms with Crippen molar-refractivity contribution in [1.82, 2.24) is 0 Å². The highest BCUT2D eigenvalue weighted by molar-refractivity contribution is 6.42. The number of hydrogen-bond donors (Lipinski definition) is 0.